The maximum absolute atomic E-state index is 9.90. The fraction of sp³-hybridized carbons (Fsp3) is 0.333. The highest BCUT2D eigenvalue weighted by molar-refractivity contribution is 5.09. The van der Waals surface area contributed by atoms with Gasteiger partial charge in [0.2, 0.25) is 0 Å². The van der Waals surface area contributed by atoms with Crippen molar-refractivity contribution in [3.8, 4) is 0 Å². The van der Waals surface area contributed by atoms with Gasteiger partial charge in [-0.2, -0.15) is 5.10 Å². The van der Waals surface area contributed by atoms with Gasteiger partial charge in [0.15, 0.2) is 0 Å². The van der Waals surface area contributed by atoms with Gasteiger partial charge in [-0.1, -0.05) is 6.07 Å². The zero-order valence-electron chi connectivity index (χ0n) is 9.24. The summed E-state index contributed by atoms with van der Waals surface area (Å²) >= 11 is 0. The first-order chi connectivity index (χ1) is 7.75. The fourth-order valence-corrected chi connectivity index (χ4v) is 1.63. The van der Waals surface area contributed by atoms with Gasteiger partial charge in [-0.3, -0.25) is 9.67 Å². The van der Waals surface area contributed by atoms with Crippen LogP contribution in [-0.4, -0.2) is 19.9 Å². The van der Waals surface area contributed by atoms with Crippen LogP contribution in [0, 0.1) is 0 Å². The molecule has 0 fully saturated rings. The number of nitrogens with zero attached hydrogens (tertiary/aromatic N) is 3. The molecule has 0 spiro atoms. The Bertz CT molecular complexity index is 439. The molecule has 2 rings (SSSR count). The Kier molecular flexibility index (Phi) is 3.31. The van der Waals surface area contributed by atoms with Crippen LogP contribution < -0.4 is 0 Å². The number of aliphatic hydroxyl groups is 1. The number of rotatable bonds is 4. The van der Waals surface area contributed by atoms with E-state index in [9.17, 15) is 5.11 Å². The van der Waals surface area contributed by atoms with Crippen molar-refractivity contribution in [2.75, 3.05) is 0 Å². The molecule has 0 radical (unpaired) electrons. The maximum atomic E-state index is 9.90. The molecule has 0 saturated heterocycles. The number of pyridine rings is 1. The maximum Gasteiger partial charge on any atom is 0.0962 e. The molecular formula is C12H15N3O. The Morgan fingerprint density at radius 1 is 1.44 bits per heavy atom. The summed E-state index contributed by atoms with van der Waals surface area (Å²) in [5, 5.41) is 14.0. The van der Waals surface area contributed by atoms with E-state index in [0.29, 0.717) is 6.42 Å². The van der Waals surface area contributed by atoms with Crippen LogP contribution in [0.5, 0.6) is 0 Å². The monoisotopic (exact) mass is 217 g/mol. The molecule has 0 aromatic carbocycles. The molecule has 1 atom stereocenters. The molecule has 1 unspecified atom stereocenters. The highest BCUT2D eigenvalue weighted by Gasteiger charge is 2.08. The first-order valence-corrected chi connectivity index (χ1v) is 5.32. The molecule has 0 aliphatic carbocycles. The lowest BCUT2D eigenvalue weighted by Gasteiger charge is -2.08. The van der Waals surface area contributed by atoms with Gasteiger partial charge in [-0.05, 0) is 30.5 Å². The van der Waals surface area contributed by atoms with Crippen LogP contribution in [0.4, 0.5) is 0 Å². The number of hydrogen-bond donors (Lipinski definition) is 1. The third kappa shape index (κ3) is 2.67. The Morgan fingerprint density at radius 2 is 2.31 bits per heavy atom. The molecule has 0 aliphatic rings. The van der Waals surface area contributed by atoms with Gasteiger partial charge in [-0.15, -0.1) is 0 Å². The van der Waals surface area contributed by atoms with Gasteiger partial charge in [-0.25, -0.2) is 0 Å². The smallest absolute Gasteiger partial charge is 0.0962 e. The van der Waals surface area contributed by atoms with Crippen molar-refractivity contribution in [1.29, 1.82) is 0 Å². The number of hydrogen-bond acceptors (Lipinski definition) is 3. The highest BCUT2D eigenvalue weighted by atomic mass is 16.3. The second-order valence-corrected chi connectivity index (χ2v) is 3.83. The topological polar surface area (TPSA) is 50.9 Å². The molecule has 1 N–H and O–H groups in total. The minimum atomic E-state index is -0.499. The third-order valence-corrected chi connectivity index (χ3v) is 2.49. The van der Waals surface area contributed by atoms with Crippen molar-refractivity contribution in [1.82, 2.24) is 14.8 Å². The molecule has 2 aromatic heterocycles. The van der Waals surface area contributed by atoms with Gasteiger partial charge >= 0.3 is 0 Å². The van der Waals surface area contributed by atoms with E-state index < -0.39 is 6.10 Å². The standard InChI is InChI=1S/C12H15N3O/c1-15-9-10(8-14-15)5-6-12(16)11-4-2-3-7-13-11/h2-4,7-9,12,16H,5-6H2,1H3. The largest absolute Gasteiger partial charge is 0.387 e. The van der Waals surface area contributed by atoms with Crippen molar-refractivity contribution in [2.45, 2.75) is 18.9 Å². The van der Waals surface area contributed by atoms with E-state index in [0.717, 1.165) is 17.7 Å². The first-order valence-electron chi connectivity index (χ1n) is 5.32. The molecule has 4 heteroatoms. The highest BCUT2D eigenvalue weighted by Crippen LogP contribution is 2.16. The second kappa shape index (κ2) is 4.90. The van der Waals surface area contributed by atoms with Crippen LogP contribution in [0.3, 0.4) is 0 Å². The average molecular weight is 217 g/mol. The molecular weight excluding hydrogens is 202 g/mol. The Labute approximate surface area is 94.6 Å². The van der Waals surface area contributed by atoms with Crippen molar-refractivity contribution in [3.63, 3.8) is 0 Å². The minimum Gasteiger partial charge on any atom is -0.387 e. The normalized spacial score (nSPS) is 12.6. The third-order valence-electron chi connectivity index (χ3n) is 2.49. The van der Waals surface area contributed by atoms with Crippen LogP contribution in [0.2, 0.25) is 0 Å². The summed E-state index contributed by atoms with van der Waals surface area (Å²) in [6, 6.07) is 5.57. The van der Waals surface area contributed by atoms with Crippen LogP contribution in [0.1, 0.15) is 23.8 Å². The lowest BCUT2D eigenvalue weighted by atomic mass is 10.1. The van der Waals surface area contributed by atoms with Crippen LogP contribution in [-0.2, 0) is 13.5 Å². The van der Waals surface area contributed by atoms with Crippen LogP contribution in [0.25, 0.3) is 0 Å². The lowest BCUT2D eigenvalue weighted by Crippen LogP contribution is -2.01. The molecule has 2 heterocycles. The molecule has 84 valence electrons. The van der Waals surface area contributed by atoms with E-state index in [2.05, 4.69) is 10.1 Å². The van der Waals surface area contributed by atoms with Crippen LogP contribution in [0.15, 0.2) is 36.8 Å². The molecule has 16 heavy (non-hydrogen) atoms. The predicted molar refractivity (Wildman–Crippen MR) is 60.7 cm³/mol. The van der Waals surface area contributed by atoms with Crippen molar-refractivity contribution in [2.24, 2.45) is 7.05 Å². The van der Waals surface area contributed by atoms with Gasteiger partial charge in [0, 0.05) is 19.4 Å². The predicted octanol–water partition coefficient (Wildman–Crippen LogP) is 1.48. The van der Waals surface area contributed by atoms with E-state index in [1.54, 1.807) is 10.9 Å². The van der Waals surface area contributed by atoms with Gasteiger partial charge < -0.3 is 5.11 Å². The zero-order valence-corrected chi connectivity index (χ0v) is 9.24. The van der Waals surface area contributed by atoms with Crippen molar-refractivity contribution in [3.05, 3.63) is 48.0 Å². The van der Waals surface area contributed by atoms with Gasteiger partial charge in [0.25, 0.3) is 0 Å². The number of aliphatic hydroxyl groups excluding tert-OH is 1. The summed E-state index contributed by atoms with van der Waals surface area (Å²) in [5.74, 6) is 0. The van der Waals surface area contributed by atoms with Gasteiger partial charge in [0.05, 0.1) is 18.0 Å². The Hall–Kier alpha value is -1.68. The second-order valence-electron chi connectivity index (χ2n) is 3.83. The Balaban J connectivity index is 1.91. The van der Waals surface area contributed by atoms with E-state index in [1.165, 1.54) is 0 Å². The summed E-state index contributed by atoms with van der Waals surface area (Å²) in [6.07, 6.45) is 6.47. The molecule has 0 bridgehead atoms. The number of aromatic nitrogens is 3. The Morgan fingerprint density at radius 3 is 2.94 bits per heavy atom. The molecule has 2 aromatic rings. The minimum absolute atomic E-state index is 0.499. The zero-order chi connectivity index (χ0) is 11.4. The van der Waals surface area contributed by atoms with E-state index in [1.807, 2.05) is 37.6 Å². The van der Waals surface area contributed by atoms with E-state index in [-0.39, 0.29) is 0 Å². The van der Waals surface area contributed by atoms with Crippen molar-refractivity contribution >= 4 is 0 Å². The average Bonchev–Trinajstić information content (AvgIpc) is 2.73. The van der Waals surface area contributed by atoms with Crippen molar-refractivity contribution < 1.29 is 5.11 Å². The number of aryl methyl sites for hydroxylation is 2. The molecule has 0 amide bonds. The summed E-state index contributed by atoms with van der Waals surface area (Å²) in [5.41, 5.74) is 1.86. The van der Waals surface area contributed by atoms with E-state index >= 15 is 0 Å². The van der Waals surface area contributed by atoms with Gasteiger partial charge in [0.1, 0.15) is 0 Å². The van der Waals surface area contributed by atoms with Crippen LogP contribution >= 0.6 is 0 Å². The first kappa shape index (κ1) is 10.8. The summed E-state index contributed by atoms with van der Waals surface area (Å²) in [7, 11) is 1.89. The summed E-state index contributed by atoms with van der Waals surface area (Å²) in [6.45, 7) is 0. The lowest BCUT2D eigenvalue weighted by molar-refractivity contribution is 0.163. The molecule has 0 aliphatic heterocycles. The molecule has 4 nitrogen and oxygen atoms in total. The molecule has 0 saturated carbocycles. The quantitative estimate of drug-likeness (QED) is 0.844. The SMILES string of the molecule is Cn1cc(CCC(O)c2ccccn2)cn1. The summed E-state index contributed by atoms with van der Waals surface area (Å²) < 4.78 is 1.77. The summed E-state index contributed by atoms with van der Waals surface area (Å²) in [4.78, 5) is 4.13. The fourth-order valence-electron chi connectivity index (χ4n) is 1.63. The van der Waals surface area contributed by atoms with E-state index in [4.69, 9.17) is 0 Å².